The molecular weight excluding hydrogens is 509 g/mol. The Morgan fingerprint density at radius 1 is 0.973 bits per heavy atom. The van der Waals surface area contributed by atoms with Crippen molar-refractivity contribution in [3.05, 3.63) is 82.5 Å². The second-order valence-corrected chi connectivity index (χ2v) is 10.1. The van der Waals surface area contributed by atoms with E-state index >= 15 is 0 Å². The van der Waals surface area contributed by atoms with E-state index in [0.717, 1.165) is 52.1 Å². The van der Waals surface area contributed by atoms with Crippen LogP contribution in [-0.2, 0) is 9.53 Å². The summed E-state index contributed by atoms with van der Waals surface area (Å²) in [6, 6.07) is 19.3. The van der Waals surface area contributed by atoms with Crippen molar-refractivity contribution in [2.24, 2.45) is 0 Å². The molecule has 1 amide bonds. The Morgan fingerprint density at radius 3 is 2.57 bits per heavy atom. The lowest BCUT2D eigenvalue weighted by molar-refractivity contribution is -0.118. The SMILES string of the molecule is O=C(Nc1cnc2c(-c3cc(Cl)cc(Cl)c3)cccc2c1N1CCOCC1)[C@@H]1CCOc2ccccc21. The van der Waals surface area contributed by atoms with Crippen molar-refractivity contribution in [1.82, 2.24) is 4.98 Å². The summed E-state index contributed by atoms with van der Waals surface area (Å²) in [5.41, 5.74) is 5.16. The molecule has 0 bridgehead atoms. The van der Waals surface area contributed by atoms with Gasteiger partial charge in [-0.2, -0.15) is 0 Å². The molecule has 8 heteroatoms. The van der Waals surface area contributed by atoms with Crippen molar-refractivity contribution in [3.63, 3.8) is 0 Å². The highest BCUT2D eigenvalue weighted by molar-refractivity contribution is 6.35. The number of para-hydroxylation sites is 2. The molecule has 1 aromatic heterocycles. The molecule has 3 aromatic carbocycles. The van der Waals surface area contributed by atoms with Crippen molar-refractivity contribution in [3.8, 4) is 16.9 Å². The van der Waals surface area contributed by atoms with E-state index in [-0.39, 0.29) is 11.8 Å². The third-order valence-corrected chi connectivity index (χ3v) is 7.34. The van der Waals surface area contributed by atoms with Gasteiger partial charge in [-0.05, 0) is 36.2 Å². The summed E-state index contributed by atoms with van der Waals surface area (Å²) in [5, 5.41) is 5.28. The number of amides is 1. The van der Waals surface area contributed by atoms with Gasteiger partial charge < -0.3 is 19.7 Å². The average molecular weight is 534 g/mol. The third kappa shape index (κ3) is 4.73. The van der Waals surface area contributed by atoms with Crippen molar-refractivity contribution >= 4 is 51.4 Å². The molecule has 6 nitrogen and oxygen atoms in total. The lowest BCUT2D eigenvalue weighted by atomic mass is 9.92. The zero-order valence-electron chi connectivity index (χ0n) is 20.0. The normalized spacial score (nSPS) is 17.2. The Bertz CT molecular complexity index is 1470. The van der Waals surface area contributed by atoms with E-state index in [0.29, 0.717) is 42.0 Å². The molecule has 4 aromatic rings. The fraction of sp³-hybridized carbons (Fsp3) is 0.241. The number of anilines is 2. The van der Waals surface area contributed by atoms with Crippen LogP contribution in [0.2, 0.25) is 10.0 Å². The highest BCUT2D eigenvalue weighted by atomic mass is 35.5. The topological polar surface area (TPSA) is 63.7 Å². The molecule has 1 saturated heterocycles. The Labute approximate surface area is 225 Å². The predicted octanol–water partition coefficient (Wildman–Crippen LogP) is 6.55. The number of fused-ring (bicyclic) bond motifs is 2. The highest BCUT2D eigenvalue weighted by Gasteiger charge is 2.29. The Balaban J connectivity index is 1.44. The number of pyridine rings is 1. The monoisotopic (exact) mass is 533 g/mol. The maximum atomic E-state index is 13.6. The number of hydrogen-bond donors (Lipinski definition) is 1. The van der Waals surface area contributed by atoms with E-state index in [9.17, 15) is 4.79 Å². The first-order chi connectivity index (χ1) is 18.1. The van der Waals surface area contributed by atoms with Crippen LogP contribution in [-0.4, -0.2) is 43.8 Å². The number of nitrogens with zero attached hydrogens (tertiary/aromatic N) is 2. The van der Waals surface area contributed by atoms with Gasteiger partial charge in [-0.15, -0.1) is 0 Å². The molecule has 2 aliphatic rings. The van der Waals surface area contributed by atoms with Crippen LogP contribution in [0, 0.1) is 0 Å². The Morgan fingerprint density at radius 2 is 1.76 bits per heavy atom. The number of benzene rings is 3. The number of carbonyl (C=O) groups is 1. The van der Waals surface area contributed by atoms with Gasteiger partial charge in [0, 0.05) is 39.6 Å². The van der Waals surface area contributed by atoms with Gasteiger partial charge in [0.05, 0.1) is 48.8 Å². The average Bonchev–Trinajstić information content (AvgIpc) is 2.92. The molecule has 37 heavy (non-hydrogen) atoms. The van der Waals surface area contributed by atoms with E-state index in [1.807, 2.05) is 54.6 Å². The second-order valence-electron chi connectivity index (χ2n) is 9.20. The van der Waals surface area contributed by atoms with Crippen LogP contribution in [0.5, 0.6) is 5.75 Å². The molecule has 1 N–H and O–H groups in total. The number of hydrogen-bond acceptors (Lipinski definition) is 5. The lowest BCUT2D eigenvalue weighted by Gasteiger charge is -2.32. The number of nitrogens with one attached hydrogen (secondary N) is 1. The van der Waals surface area contributed by atoms with Crippen molar-refractivity contribution in [2.75, 3.05) is 43.1 Å². The molecule has 0 spiro atoms. The first-order valence-corrected chi connectivity index (χ1v) is 13.1. The summed E-state index contributed by atoms with van der Waals surface area (Å²) < 4.78 is 11.4. The first-order valence-electron chi connectivity index (χ1n) is 12.3. The van der Waals surface area contributed by atoms with Gasteiger partial charge in [0.25, 0.3) is 0 Å². The molecule has 0 unspecified atom stereocenters. The summed E-state index contributed by atoms with van der Waals surface area (Å²) in [6.45, 7) is 3.18. The zero-order valence-corrected chi connectivity index (χ0v) is 21.6. The van der Waals surface area contributed by atoms with Gasteiger partial charge in [0.1, 0.15) is 5.75 Å². The quantitative estimate of drug-likeness (QED) is 0.322. The highest BCUT2D eigenvalue weighted by Crippen LogP contribution is 2.40. The number of morpholine rings is 1. The maximum Gasteiger partial charge on any atom is 0.232 e. The molecule has 0 saturated carbocycles. The molecule has 0 radical (unpaired) electrons. The molecule has 1 atom stereocenters. The van der Waals surface area contributed by atoms with E-state index in [1.54, 1.807) is 12.3 Å². The lowest BCUT2D eigenvalue weighted by Crippen LogP contribution is -2.37. The van der Waals surface area contributed by atoms with E-state index in [1.165, 1.54) is 0 Å². The van der Waals surface area contributed by atoms with Crippen LogP contribution in [0.4, 0.5) is 11.4 Å². The van der Waals surface area contributed by atoms with Gasteiger partial charge in [0.15, 0.2) is 0 Å². The van der Waals surface area contributed by atoms with Gasteiger partial charge in [-0.25, -0.2) is 0 Å². The standard InChI is InChI=1S/C29H25Cl2N3O3/c30-19-14-18(15-20(31)16-19)21-5-3-6-24-27(21)32-17-25(28(24)34-9-12-36-13-10-34)33-29(35)23-8-11-37-26-7-2-1-4-22(23)26/h1-7,14-17,23H,8-13H2,(H,33,35)/t23-/m1/s1. The zero-order chi connectivity index (χ0) is 25.4. The van der Waals surface area contributed by atoms with Gasteiger partial charge in [-0.1, -0.05) is 59.6 Å². The molecule has 188 valence electrons. The number of aromatic nitrogens is 1. The van der Waals surface area contributed by atoms with Crippen LogP contribution in [0.1, 0.15) is 17.9 Å². The largest absolute Gasteiger partial charge is 0.493 e. The summed E-state index contributed by atoms with van der Waals surface area (Å²) in [4.78, 5) is 20.7. The first kappa shape index (κ1) is 24.0. The van der Waals surface area contributed by atoms with Crippen molar-refractivity contribution in [2.45, 2.75) is 12.3 Å². The third-order valence-electron chi connectivity index (χ3n) is 6.90. The summed E-state index contributed by atoms with van der Waals surface area (Å²) >= 11 is 12.6. The van der Waals surface area contributed by atoms with Crippen LogP contribution >= 0.6 is 23.2 Å². The number of carbonyl (C=O) groups excluding carboxylic acids is 1. The van der Waals surface area contributed by atoms with Crippen LogP contribution in [0.15, 0.2) is 66.9 Å². The van der Waals surface area contributed by atoms with Crippen LogP contribution in [0.25, 0.3) is 22.0 Å². The molecule has 6 rings (SSSR count). The minimum Gasteiger partial charge on any atom is -0.493 e. The predicted molar refractivity (Wildman–Crippen MR) is 148 cm³/mol. The van der Waals surface area contributed by atoms with Gasteiger partial charge in [0.2, 0.25) is 5.91 Å². The maximum absolute atomic E-state index is 13.6. The van der Waals surface area contributed by atoms with E-state index in [2.05, 4.69) is 10.2 Å². The fourth-order valence-corrected chi connectivity index (χ4v) is 5.73. The number of ether oxygens (including phenoxy) is 2. The van der Waals surface area contributed by atoms with Gasteiger partial charge >= 0.3 is 0 Å². The molecule has 3 heterocycles. The van der Waals surface area contributed by atoms with Crippen molar-refractivity contribution in [1.29, 1.82) is 0 Å². The summed E-state index contributed by atoms with van der Waals surface area (Å²) in [5.74, 6) is 0.408. The van der Waals surface area contributed by atoms with Crippen LogP contribution < -0.4 is 15.0 Å². The number of rotatable bonds is 4. The number of halogens is 2. The summed E-state index contributed by atoms with van der Waals surface area (Å²) in [7, 11) is 0. The second kappa shape index (κ2) is 10.2. The minimum absolute atomic E-state index is 0.0656. The molecule has 0 aliphatic carbocycles. The molecule has 1 fully saturated rings. The van der Waals surface area contributed by atoms with E-state index in [4.69, 9.17) is 37.7 Å². The molecule has 2 aliphatic heterocycles. The smallest absolute Gasteiger partial charge is 0.232 e. The summed E-state index contributed by atoms with van der Waals surface area (Å²) in [6.07, 6.45) is 2.38. The Hall–Kier alpha value is -3.32. The van der Waals surface area contributed by atoms with Crippen molar-refractivity contribution < 1.29 is 14.3 Å². The van der Waals surface area contributed by atoms with Crippen LogP contribution in [0.3, 0.4) is 0 Å². The fourth-order valence-electron chi connectivity index (χ4n) is 5.20. The van der Waals surface area contributed by atoms with E-state index < -0.39 is 0 Å². The Kier molecular flexibility index (Phi) is 6.63. The molecular formula is C29H25Cl2N3O3. The van der Waals surface area contributed by atoms with Gasteiger partial charge in [-0.3, -0.25) is 9.78 Å². The minimum atomic E-state index is -0.293.